The zero-order chi connectivity index (χ0) is 15.4. The van der Waals surface area contributed by atoms with Gasteiger partial charge < -0.3 is 5.32 Å². The summed E-state index contributed by atoms with van der Waals surface area (Å²) in [7, 11) is 2.10. The molecule has 0 saturated heterocycles. The van der Waals surface area contributed by atoms with Crippen molar-refractivity contribution in [3.8, 4) is 0 Å². The number of benzene rings is 1. The Morgan fingerprint density at radius 1 is 1.00 bits per heavy atom. The Kier molecular flexibility index (Phi) is 4.82. The predicted octanol–water partition coefficient (Wildman–Crippen LogP) is 4.28. The quantitative estimate of drug-likeness (QED) is 0.732. The lowest BCUT2D eigenvalue weighted by molar-refractivity contribution is 0.312. The summed E-state index contributed by atoms with van der Waals surface area (Å²) in [5.74, 6) is 0. The van der Waals surface area contributed by atoms with Crippen molar-refractivity contribution in [1.82, 2.24) is 14.9 Å². The first-order valence-corrected chi connectivity index (χ1v) is 8.81. The van der Waals surface area contributed by atoms with Crippen molar-refractivity contribution in [2.75, 3.05) is 12.4 Å². The molecule has 0 atom stereocenters. The van der Waals surface area contributed by atoms with E-state index in [0.29, 0.717) is 0 Å². The summed E-state index contributed by atoms with van der Waals surface area (Å²) < 4.78 is 0. The average molecular weight is 330 g/mol. The van der Waals surface area contributed by atoms with Gasteiger partial charge >= 0.3 is 0 Å². The molecule has 4 nitrogen and oxygen atoms in total. The summed E-state index contributed by atoms with van der Waals surface area (Å²) in [5, 5.41) is 9.60. The van der Waals surface area contributed by atoms with Crippen molar-refractivity contribution >= 4 is 33.5 Å². The fraction of sp³-hybridized carbons (Fsp3) is 0.250. The van der Waals surface area contributed by atoms with Gasteiger partial charge in [-0.15, -0.1) is 22.7 Å². The molecule has 0 aliphatic rings. The first-order chi connectivity index (χ1) is 10.7. The second kappa shape index (κ2) is 7.00. The average Bonchev–Trinajstić information content (AvgIpc) is 3.09. The van der Waals surface area contributed by atoms with E-state index >= 15 is 0 Å². The third kappa shape index (κ3) is 4.13. The smallest absolute Gasteiger partial charge is 0.187 e. The summed E-state index contributed by atoms with van der Waals surface area (Å²) in [4.78, 5) is 11.4. The lowest BCUT2D eigenvalue weighted by Gasteiger charge is -2.13. The number of nitrogens with one attached hydrogen (secondary N) is 1. The van der Waals surface area contributed by atoms with Crippen molar-refractivity contribution in [1.29, 1.82) is 0 Å². The van der Waals surface area contributed by atoms with Crippen LogP contribution >= 0.6 is 22.7 Å². The molecular weight excluding hydrogens is 312 g/mol. The number of thiazole rings is 2. The van der Waals surface area contributed by atoms with Crippen molar-refractivity contribution in [3.05, 3.63) is 57.5 Å². The Labute approximate surface area is 138 Å². The molecule has 6 heteroatoms. The van der Waals surface area contributed by atoms with Crippen molar-refractivity contribution < 1.29 is 0 Å². The lowest BCUT2D eigenvalue weighted by Crippen LogP contribution is -2.17. The third-order valence-electron chi connectivity index (χ3n) is 3.11. The fourth-order valence-corrected chi connectivity index (χ4v) is 3.50. The monoisotopic (exact) mass is 330 g/mol. The van der Waals surface area contributed by atoms with Gasteiger partial charge in [0.2, 0.25) is 0 Å². The maximum absolute atomic E-state index is 4.64. The molecular formula is C16H18N4S2. The van der Waals surface area contributed by atoms with E-state index in [0.717, 1.165) is 40.3 Å². The molecule has 0 amide bonds. The van der Waals surface area contributed by atoms with E-state index in [1.807, 2.05) is 37.3 Å². The van der Waals surface area contributed by atoms with E-state index in [4.69, 9.17) is 0 Å². The molecule has 1 aromatic carbocycles. The third-order valence-corrected chi connectivity index (χ3v) is 4.74. The highest BCUT2D eigenvalue weighted by atomic mass is 32.1. The van der Waals surface area contributed by atoms with Gasteiger partial charge in [0.05, 0.1) is 16.4 Å². The Morgan fingerprint density at radius 3 is 2.36 bits per heavy atom. The summed E-state index contributed by atoms with van der Waals surface area (Å²) in [6.07, 6.45) is 0. The molecule has 3 rings (SSSR count). The van der Waals surface area contributed by atoms with Crippen LogP contribution < -0.4 is 5.32 Å². The normalized spacial score (nSPS) is 11.0. The molecule has 0 radical (unpaired) electrons. The largest absolute Gasteiger partial charge is 0.332 e. The summed E-state index contributed by atoms with van der Waals surface area (Å²) in [5.41, 5.74) is 3.27. The minimum atomic E-state index is 0.823. The number of anilines is 2. The zero-order valence-electron chi connectivity index (χ0n) is 12.6. The van der Waals surface area contributed by atoms with Gasteiger partial charge in [-0.25, -0.2) is 9.97 Å². The fourth-order valence-electron chi connectivity index (χ4n) is 2.17. The highest BCUT2D eigenvalue weighted by molar-refractivity contribution is 7.13. The minimum Gasteiger partial charge on any atom is -0.332 e. The molecule has 114 valence electrons. The van der Waals surface area contributed by atoms with E-state index < -0.39 is 0 Å². The molecule has 1 N–H and O–H groups in total. The highest BCUT2D eigenvalue weighted by Crippen LogP contribution is 2.21. The lowest BCUT2D eigenvalue weighted by atomic mass is 10.3. The van der Waals surface area contributed by atoms with E-state index in [1.54, 1.807) is 22.7 Å². The van der Waals surface area contributed by atoms with Crippen LogP contribution in [-0.4, -0.2) is 21.9 Å². The zero-order valence-corrected chi connectivity index (χ0v) is 14.2. The van der Waals surface area contributed by atoms with Crippen LogP contribution in [-0.2, 0) is 13.1 Å². The molecule has 0 unspecified atom stereocenters. The number of hydrogen-bond donors (Lipinski definition) is 1. The minimum absolute atomic E-state index is 0.823. The first kappa shape index (κ1) is 15.1. The molecule has 0 fully saturated rings. The van der Waals surface area contributed by atoms with Crippen LogP contribution in [0.25, 0.3) is 0 Å². The number of aromatic nitrogens is 2. The Morgan fingerprint density at radius 2 is 1.68 bits per heavy atom. The summed E-state index contributed by atoms with van der Waals surface area (Å²) in [6, 6.07) is 10.1. The molecule has 2 heterocycles. The molecule has 0 saturated carbocycles. The highest BCUT2D eigenvalue weighted by Gasteiger charge is 2.08. The van der Waals surface area contributed by atoms with Crippen molar-refractivity contribution in [3.63, 3.8) is 0 Å². The molecule has 0 aliphatic carbocycles. The maximum Gasteiger partial charge on any atom is 0.187 e. The van der Waals surface area contributed by atoms with Gasteiger partial charge in [0.1, 0.15) is 0 Å². The van der Waals surface area contributed by atoms with Crippen LogP contribution in [0.3, 0.4) is 0 Å². The standard InChI is InChI=1S/C16H18N4S2/c1-12-17-14(10-21-12)8-20(2)9-15-11-22-16(19-15)18-13-6-4-3-5-7-13/h3-7,10-11H,8-9H2,1-2H3,(H,18,19). The van der Waals surface area contributed by atoms with Crippen LogP contribution in [0.2, 0.25) is 0 Å². The van der Waals surface area contributed by atoms with Crippen LogP contribution in [0.5, 0.6) is 0 Å². The van der Waals surface area contributed by atoms with Crippen LogP contribution in [0, 0.1) is 6.92 Å². The van der Waals surface area contributed by atoms with Gasteiger partial charge in [-0.2, -0.15) is 0 Å². The SMILES string of the molecule is Cc1nc(CN(C)Cc2csc(Nc3ccccc3)n2)cs1. The first-order valence-electron chi connectivity index (χ1n) is 7.05. The summed E-state index contributed by atoms with van der Waals surface area (Å²) >= 11 is 3.33. The molecule has 2 aromatic heterocycles. The van der Waals surface area contributed by atoms with Crippen LogP contribution in [0.15, 0.2) is 41.1 Å². The predicted molar refractivity (Wildman–Crippen MR) is 93.9 cm³/mol. The Bertz CT molecular complexity index is 721. The van der Waals surface area contributed by atoms with Gasteiger partial charge in [0.15, 0.2) is 5.13 Å². The van der Waals surface area contributed by atoms with Crippen molar-refractivity contribution in [2.24, 2.45) is 0 Å². The number of rotatable bonds is 6. The van der Waals surface area contributed by atoms with E-state index in [-0.39, 0.29) is 0 Å². The number of nitrogens with zero attached hydrogens (tertiary/aromatic N) is 3. The van der Waals surface area contributed by atoms with Gasteiger partial charge in [-0.3, -0.25) is 4.90 Å². The maximum atomic E-state index is 4.64. The van der Waals surface area contributed by atoms with Crippen LogP contribution in [0.1, 0.15) is 16.4 Å². The second-order valence-electron chi connectivity index (χ2n) is 5.17. The second-order valence-corrected chi connectivity index (χ2v) is 7.09. The molecule has 3 aromatic rings. The number of hydrogen-bond acceptors (Lipinski definition) is 6. The van der Waals surface area contributed by atoms with E-state index in [1.165, 1.54) is 0 Å². The van der Waals surface area contributed by atoms with E-state index in [2.05, 4.69) is 38.0 Å². The van der Waals surface area contributed by atoms with Gasteiger partial charge in [0, 0.05) is 29.5 Å². The summed E-state index contributed by atoms with van der Waals surface area (Å²) in [6.45, 7) is 3.71. The van der Waals surface area contributed by atoms with Gasteiger partial charge in [0.25, 0.3) is 0 Å². The number of aryl methyl sites for hydroxylation is 1. The Hall–Kier alpha value is -1.76. The van der Waals surface area contributed by atoms with Gasteiger partial charge in [-0.1, -0.05) is 18.2 Å². The molecule has 0 aliphatic heterocycles. The molecule has 0 bridgehead atoms. The Balaban J connectivity index is 1.57. The van der Waals surface area contributed by atoms with Gasteiger partial charge in [-0.05, 0) is 26.1 Å². The van der Waals surface area contributed by atoms with Crippen LogP contribution in [0.4, 0.5) is 10.8 Å². The number of para-hydroxylation sites is 1. The molecule has 22 heavy (non-hydrogen) atoms. The topological polar surface area (TPSA) is 41.1 Å². The molecule has 0 spiro atoms. The van der Waals surface area contributed by atoms with E-state index in [9.17, 15) is 0 Å². The van der Waals surface area contributed by atoms with Crippen molar-refractivity contribution in [2.45, 2.75) is 20.0 Å².